The van der Waals surface area contributed by atoms with Gasteiger partial charge in [0.05, 0.1) is 6.54 Å². The number of anilines is 1. The van der Waals surface area contributed by atoms with E-state index in [2.05, 4.69) is 15.0 Å². The number of hydrogen-bond donors (Lipinski definition) is 0. The molecule has 0 aliphatic carbocycles. The predicted molar refractivity (Wildman–Crippen MR) is 97.0 cm³/mol. The van der Waals surface area contributed by atoms with Gasteiger partial charge in [0.2, 0.25) is 5.95 Å². The highest BCUT2D eigenvalue weighted by Gasteiger charge is 2.28. The highest BCUT2D eigenvalue weighted by molar-refractivity contribution is 6.30. The largest absolute Gasteiger partial charge is 0.290 e. The minimum atomic E-state index is -0.329. The van der Waals surface area contributed by atoms with Gasteiger partial charge in [0.1, 0.15) is 5.84 Å². The number of amides is 1. The number of carbonyl (C=O) groups excluding carboxylic acids is 1. The number of halogens is 1. The Kier molecular flexibility index (Phi) is 3.99. The number of fused-ring (bicyclic) bond motifs is 1. The fraction of sp³-hybridized carbons (Fsp3) is 0.0526. The van der Waals surface area contributed by atoms with Gasteiger partial charge in [-0.3, -0.25) is 9.69 Å². The normalized spacial score (nSPS) is 14.6. The van der Waals surface area contributed by atoms with E-state index in [9.17, 15) is 4.79 Å². The minimum absolute atomic E-state index is 0.329. The standard InChI is InChI=1S/C19H13ClN4O/c20-15-8-6-13(7-9-15)18(25)23-17-16-5-2-1-4-14(16)12-24(17)19-21-10-3-11-22-19/h1-11H,12H2. The maximum atomic E-state index is 12.6. The lowest BCUT2D eigenvalue weighted by molar-refractivity contribution is 0.100. The van der Waals surface area contributed by atoms with Crippen LogP contribution >= 0.6 is 11.6 Å². The third-order valence-corrected chi connectivity index (χ3v) is 4.19. The molecule has 5 nitrogen and oxygen atoms in total. The molecule has 122 valence electrons. The lowest BCUT2D eigenvalue weighted by Gasteiger charge is -2.16. The molecule has 0 radical (unpaired) electrons. The lowest BCUT2D eigenvalue weighted by atomic mass is 10.1. The molecule has 0 bridgehead atoms. The van der Waals surface area contributed by atoms with Crippen molar-refractivity contribution in [1.82, 2.24) is 9.97 Å². The van der Waals surface area contributed by atoms with Crippen molar-refractivity contribution in [2.75, 3.05) is 4.90 Å². The van der Waals surface area contributed by atoms with Crippen LogP contribution in [0.5, 0.6) is 0 Å². The fourth-order valence-corrected chi connectivity index (χ4v) is 2.86. The average molecular weight is 349 g/mol. The van der Waals surface area contributed by atoms with Crippen LogP contribution < -0.4 is 4.90 Å². The Hall–Kier alpha value is -3.05. The van der Waals surface area contributed by atoms with Crippen LogP contribution in [-0.4, -0.2) is 21.7 Å². The summed E-state index contributed by atoms with van der Waals surface area (Å²) in [5.41, 5.74) is 2.48. The molecule has 0 spiro atoms. The summed E-state index contributed by atoms with van der Waals surface area (Å²) in [5.74, 6) is 0.743. The molecule has 0 unspecified atom stereocenters. The molecule has 1 amide bonds. The molecule has 0 atom stereocenters. The van der Waals surface area contributed by atoms with Crippen molar-refractivity contribution in [2.45, 2.75) is 6.54 Å². The molecule has 2 heterocycles. The Labute approximate surface area is 149 Å². The van der Waals surface area contributed by atoms with Gasteiger partial charge in [0.25, 0.3) is 5.91 Å². The molecule has 0 fully saturated rings. The number of carbonyl (C=O) groups is 1. The lowest BCUT2D eigenvalue weighted by Crippen LogP contribution is -2.27. The molecule has 1 aliphatic rings. The van der Waals surface area contributed by atoms with Gasteiger partial charge < -0.3 is 0 Å². The highest BCUT2D eigenvalue weighted by Crippen LogP contribution is 2.26. The zero-order chi connectivity index (χ0) is 17.2. The van der Waals surface area contributed by atoms with Crippen molar-refractivity contribution in [3.63, 3.8) is 0 Å². The highest BCUT2D eigenvalue weighted by atomic mass is 35.5. The Morgan fingerprint density at radius 3 is 2.48 bits per heavy atom. The maximum absolute atomic E-state index is 12.6. The van der Waals surface area contributed by atoms with E-state index in [0.717, 1.165) is 11.1 Å². The summed E-state index contributed by atoms with van der Waals surface area (Å²) in [6.45, 7) is 0.576. The summed E-state index contributed by atoms with van der Waals surface area (Å²) >= 11 is 5.88. The summed E-state index contributed by atoms with van der Waals surface area (Å²) in [6.07, 6.45) is 3.34. The molecule has 2 aromatic carbocycles. The molecule has 1 aromatic heterocycles. The zero-order valence-electron chi connectivity index (χ0n) is 13.1. The summed E-state index contributed by atoms with van der Waals surface area (Å²) in [5, 5.41) is 0.578. The first-order valence-electron chi connectivity index (χ1n) is 7.74. The van der Waals surface area contributed by atoms with Gasteiger partial charge in [0.15, 0.2) is 0 Å². The molecule has 4 rings (SSSR count). The summed E-state index contributed by atoms with van der Waals surface area (Å²) < 4.78 is 0. The molecule has 0 saturated carbocycles. The van der Waals surface area contributed by atoms with Gasteiger partial charge in [-0.15, -0.1) is 0 Å². The second-order valence-corrected chi connectivity index (χ2v) is 5.98. The van der Waals surface area contributed by atoms with Crippen molar-refractivity contribution in [2.24, 2.45) is 4.99 Å². The smallest absolute Gasteiger partial charge is 0.278 e. The van der Waals surface area contributed by atoms with Gasteiger partial charge >= 0.3 is 0 Å². The first kappa shape index (κ1) is 15.5. The Balaban J connectivity index is 1.77. The number of aromatic nitrogens is 2. The molecule has 1 aliphatic heterocycles. The number of benzene rings is 2. The average Bonchev–Trinajstić information content (AvgIpc) is 3.02. The molecule has 0 N–H and O–H groups in total. The first-order valence-corrected chi connectivity index (χ1v) is 8.11. The van der Waals surface area contributed by atoms with Gasteiger partial charge in [-0.25, -0.2) is 9.97 Å². The molecular weight excluding hydrogens is 336 g/mol. The minimum Gasteiger partial charge on any atom is -0.290 e. The maximum Gasteiger partial charge on any atom is 0.278 e. The number of rotatable bonds is 2. The first-order chi connectivity index (χ1) is 12.2. The van der Waals surface area contributed by atoms with Crippen LogP contribution in [0.3, 0.4) is 0 Å². The van der Waals surface area contributed by atoms with E-state index in [1.54, 1.807) is 42.7 Å². The van der Waals surface area contributed by atoms with Crippen molar-refractivity contribution >= 4 is 29.3 Å². The van der Waals surface area contributed by atoms with Gasteiger partial charge in [-0.2, -0.15) is 4.99 Å². The van der Waals surface area contributed by atoms with Crippen LogP contribution in [0.4, 0.5) is 5.95 Å². The van der Waals surface area contributed by atoms with Crippen molar-refractivity contribution in [3.8, 4) is 0 Å². The zero-order valence-corrected chi connectivity index (χ0v) is 13.9. The number of aliphatic imine (C=N–C) groups is 1. The van der Waals surface area contributed by atoms with Crippen LogP contribution in [0.1, 0.15) is 21.5 Å². The molecule has 25 heavy (non-hydrogen) atoms. The third kappa shape index (κ3) is 3.02. The monoisotopic (exact) mass is 348 g/mol. The quantitative estimate of drug-likeness (QED) is 0.708. The Bertz CT molecular complexity index is 955. The van der Waals surface area contributed by atoms with E-state index >= 15 is 0 Å². The number of amidine groups is 1. The second kappa shape index (κ2) is 6.45. The van der Waals surface area contributed by atoms with Crippen LogP contribution in [0.15, 0.2) is 72.0 Å². The van der Waals surface area contributed by atoms with Crippen LogP contribution in [0.25, 0.3) is 0 Å². The van der Waals surface area contributed by atoms with Gasteiger partial charge in [0, 0.05) is 28.5 Å². The van der Waals surface area contributed by atoms with E-state index in [0.29, 0.717) is 28.9 Å². The predicted octanol–water partition coefficient (Wildman–Crippen LogP) is 3.74. The molecular formula is C19H13ClN4O. The number of nitrogens with zero attached hydrogens (tertiary/aromatic N) is 4. The van der Waals surface area contributed by atoms with Crippen molar-refractivity contribution < 1.29 is 4.79 Å². The van der Waals surface area contributed by atoms with Crippen LogP contribution in [-0.2, 0) is 6.54 Å². The summed E-state index contributed by atoms with van der Waals surface area (Å²) in [4.78, 5) is 27.4. The van der Waals surface area contributed by atoms with Crippen molar-refractivity contribution in [3.05, 3.63) is 88.7 Å². The van der Waals surface area contributed by atoms with E-state index in [1.165, 1.54) is 0 Å². The summed E-state index contributed by atoms with van der Waals surface area (Å²) in [6, 6.07) is 16.3. The van der Waals surface area contributed by atoms with Gasteiger partial charge in [-0.05, 0) is 35.9 Å². The molecule has 6 heteroatoms. The third-order valence-electron chi connectivity index (χ3n) is 3.93. The Morgan fingerprint density at radius 2 is 1.72 bits per heavy atom. The van der Waals surface area contributed by atoms with Crippen molar-refractivity contribution in [1.29, 1.82) is 0 Å². The Morgan fingerprint density at radius 1 is 1.00 bits per heavy atom. The number of hydrogen-bond acceptors (Lipinski definition) is 3. The molecule has 3 aromatic rings. The van der Waals surface area contributed by atoms with Gasteiger partial charge in [-0.1, -0.05) is 35.9 Å². The topological polar surface area (TPSA) is 58.5 Å². The van der Waals surface area contributed by atoms with E-state index in [1.807, 2.05) is 29.2 Å². The fourth-order valence-electron chi connectivity index (χ4n) is 2.74. The van der Waals surface area contributed by atoms with Crippen LogP contribution in [0, 0.1) is 0 Å². The SMILES string of the molecule is O=C(N=C1c2ccccc2CN1c1ncccn1)c1ccc(Cl)cc1. The van der Waals surface area contributed by atoms with Crippen LogP contribution in [0.2, 0.25) is 5.02 Å². The van der Waals surface area contributed by atoms with E-state index < -0.39 is 0 Å². The van der Waals surface area contributed by atoms with E-state index in [-0.39, 0.29) is 5.91 Å². The summed E-state index contributed by atoms with van der Waals surface area (Å²) in [7, 11) is 0. The van der Waals surface area contributed by atoms with E-state index in [4.69, 9.17) is 11.6 Å². The second-order valence-electron chi connectivity index (χ2n) is 5.54. The molecule has 0 saturated heterocycles.